The van der Waals surface area contributed by atoms with Gasteiger partial charge in [-0.25, -0.2) is 0 Å². The molecule has 0 spiro atoms. The lowest BCUT2D eigenvalue weighted by atomic mass is 9.60. The van der Waals surface area contributed by atoms with Crippen molar-refractivity contribution in [1.29, 1.82) is 0 Å². The summed E-state index contributed by atoms with van der Waals surface area (Å²) in [6, 6.07) is 0. The number of aliphatic hydroxyl groups is 1. The second kappa shape index (κ2) is 6.13. The molecule has 19 heavy (non-hydrogen) atoms. The van der Waals surface area contributed by atoms with Crippen molar-refractivity contribution in [1.82, 2.24) is 0 Å². The highest BCUT2D eigenvalue weighted by molar-refractivity contribution is 4.98. The van der Waals surface area contributed by atoms with Gasteiger partial charge in [0.2, 0.25) is 0 Å². The fourth-order valence-electron chi connectivity index (χ4n) is 5.03. The summed E-state index contributed by atoms with van der Waals surface area (Å²) in [4.78, 5) is 0. The molecule has 3 rings (SSSR count). The van der Waals surface area contributed by atoms with Crippen LogP contribution in [0, 0.1) is 17.8 Å². The lowest BCUT2D eigenvalue weighted by molar-refractivity contribution is -0.148. The van der Waals surface area contributed by atoms with Gasteiger partial charge in [0.05, 0.1) is 12.2 Å². The minimum atomic E-state index is -0.402. The molecular weight excluding hydrogens is 236 g/mol. The second-order valence-corrected chi connectivity index (χ2v) is 7.16. The van der Waals surface area contributed by atoms with E-state index in [4.69, 9.17) is 4.74 Å². The molecule has 1 saturated heterocycles. The van der Waals surface area contributed by atoms with Gasteiger partial charge in [0.25, 0.3) is 0 Å². The average Bonchev–Trinajstić information content (AvgIpc) is 2.49. The third-order valence-corrected chi connectivity index (χ3v) is 6.07. The van der Waals surface area contributed by atoms with E-state index in [-0.39, 0.29) is 0 Å². The van der Waals surface area contributed by atoms with Crippen LogP contribution in [0.5, 0.6) is 0 Å². The molecule has 1 N–H and O–H groups in total. The second-order valence-electron chi connectivity index (χ2n) is 7.16. The number of rotatable bonds is 2. The molecule has 110 valence electrons. The van der Waals surface area contributed by atoms with E-state index in [0.29, 0.717) is 11.8 Å². The van der Waals surface area contributed by atoms with Crippen LogP contribution in [0.1, 0.15) is 70.6 Å². The highest BCUT2D eigenvalue weighted by atomic mass is 16.5. The van der Waals surface area contributed by atoms with Crippen molar-refractivity contribution >= 4 is 0 Å². The molecule has 3 aliphatic rings. The third kappa shape index (κ3) is 2.85. The summed E-state index contributed by atoms with van der Waals surface area (Å²) >= 11 is 0. The van der Waals surface area contributed by atoms with E-state index in [0.717, 1.165) is 32.0 Å². The molecule has 1 heterocycles. The Bertz CT molecular complexity index is 279. The van der Waals surface area contributed by atoms with Crippen molar-refractivity contribution in [2.24, 2.45) is 17.8 Å². The Labute approximate surface area is 117 Å². The van der Waals surface area contributed by atoms with Gasteiger partial charge in [0.15, 0.2) is 0 Å². The first-order valence-electron chi connectivity index (χ1n) is 8.61. The summed E-state index contributed by atoms with van der Waals surface area (Å²) in [7, 11) is 0. The number of hydrogen-bond donors (Lipinski definition) is 1. The maximum absolute atomic E-state index is 11.4. The zero-order valence-electron chi connectivity index (χ0n) is 12.3. The first kappa shape index (κ1) is 13.9. The molecule has 0 aromatic rings. The van der Waals surface area contributed by atoms with E-state index < -0.39 is 5.60 Å². The van der Waals surface area contributed by atoms with Crippen LogP contribution >= 0.6 is 0 Å². The van der Waals surface area contributed by atoms with E-state index in [1.54, 1.807) is 0 Å². The molecule has 1 aliphatic heterocycles. The van der Waals surface area contributed by atoms with Gasteiger partial charge in [-0.1, -0.05) is 44.9 Å². The Morgan fingerprint density at radius 2 is 1.63 bits per heavy atom. The Kier molecular flexibility index (Phi) is 4.48. The van der Waals surface area contributed by atoms with Crippen LogP contribution in [0.25, 0.3) is 0 Å². The largest absolute Gasteiger partial charge is 0.389 e. The van der Waals surface area contributed by atoms with Crippen molar-refractivity contribution in [3.63, 3.8) is 0 Å². The molecule has 0 amide bonds. The Hall–Kier alpha value is -0.0800. The summed E-state index contributed by atoms with van der Waals surface area (Å²) < 4.78 is 5.68. The molecule has 0 radical (unpaired) electrons. The summed E-state index contributed by atoms with van der Waals surface area (Å²) in [5.74, 6) is 1.77. The van der Waals surface area contributed by atoms with E-state index in [2.05, 4.69) is 0 Å². The fourth-order valence-corrected chi connectivity index (χ4v) is 5.03. The molecular formula is C17H30O2. The van der Waals surface area contributed by atoms with Crippen LogP contribution in [0.4, 0.5) is 0 Å². The van der Waals surface area contributed by atoms with Crippen LogP contribution in [-0.4, -0.2) is 23.9 Å². The van der Waals surface area contributed by atoms with Crippen molar-refractivity contribution in [2.45, 2.75) is 76.2 Å². The van der Waals surface area contributed by atoms with E-state index in [1.165, 1.54) is 57.8 Å². The van der Waals surface area contributed by atoms with Crippen molar-refractivity contribution in [3.8, 4) is 0 Å². The number of ether oxygens (including phenoxy) is 1. The Morgan fingerprint density at radius 3 is 2.37 bits per heavy atom. The van der Waals surface area contributed by atoms with Gasteiger partial charge in [-0.15, -0.1) is 0 Å². The maximum atomic E-state index is 11.4. The first-order valence-corrected chi connectivity index (χ1v) is 8.61. The summed E-state index contributed by atoms with van der Waals surface area (Å²) in [5, 5.41) is 11.4. The van der Waals surface area contributed by atoms with Gasteiger partial charge in [-0.3, -0.25) is 0 Å². The molecule has 2 saturated carbocycles. The van der Waals surface area contributed by atoms with Crippen LogP contribution in [0.2, 0.25) is 0 Å². The van der Waals surface area contributed by atoms with Gasteiger partial charge >= 0.3 is 0 Å². The average molecular weight is 266 g/mol. The topological polar surface area (TPSA) is 29.5 Å². The molecule has 0 aromatic heterocycles. The van der Waals surface area contributed by atoms with Crippen LogP contribution in [0.15, 0.2) is 0 Å². The fraction of sp³-hybridized carbons (Fsp3) is 1.00. The minimum absolute atomic E-state index is 0.402. The SMILES string of the molecule is OC1(C2CCCOC2)CCCCC1C1CCCCC1. The smallest absolute Gasteiger partial charge is 0.0728 e. The zero-order chi connectivity index (χ0) is 13.1. The molecule has 0 aromatic carbocycles. The van der Waals surface area contributed by atoms with Gasteiger partial charge in [0, 0.05) is 12.5 Å². The maximum Gasteiger partial charge on any atom is 0.0728 e. The normalized spacial score (nSPS) is 42.2. The van der Waals surface area contributed by atoms with Gasteiger partial charge in [-0.2, -0.15) is 0 Å². The quantitative estimate of drug-likeness (QED) is 0.821. The first-order chi connectivity index (χ1) is 9.31. The van der Waals surface area contributed by atoms with Crippen molar-refractivity contribution in [3.05, 3.63) is 0 Å². The highest BCUT2D eigenvalue weighted by Crippen LogP contribution is 2.48. The van der Waals surface area contributed by atoms with Gasteiger partial charge < -0.3 is 9.84 Å². The molecule has 2 aliphatic carbocycles. The molecule has 3 fully saturated rings. The van der Waals surface area contributed by atoms with Crippen molar-refractivity contribution < 1.29 is 9.84 Å². The van der Waals surface area contributed by atoms with E-state index in [9.17, 15) is 5.11 Å². The van der Waals surface area contributed by atoms with Crippen molar-refractivity contribution in [2.75, 3.05) is 13.2 Å². The van der Waals surface area contributed by atoms with E-state index in [1.807, 2.05) is 0 Å². The molecule has 3 atom stereocenters. The van der Waals surface area contributed by atoms with Gasteiger partial charge in [-0.05, 0) is 37.5 Å². The predicted molar refractivity (Wildman–Crippen MR) is 77.0 cm³/mol. The summed E-state index contributed by atoms with van der Waals surface area (Å²) in [6.07, 6.45) is 14.1. The predicted octanol–water partition coefficient (Wildman–Crippen LogP) is 3.91. The molecule has 0 bridgehead atoms. The minimum Gasteiger partial charge on any atom is -0.389 e. The third-order valence-electron chi connectivity index (χ3n) is 6.07. The molecule has 2 nitrogen and oxygen atoms in total. The zero-order valence-corrected chi connectivity index (χ0v) is 12.3. The lowest BCUT2D eigenvalue weighted by Crippen LogP contribution is -2.52. The standard InChI is InChI=1S/C17H30O2/c18-17(15-9-6-12-19-13-15)11-5-4-10-16(17)14-7-2-1-3-8-14/h14-16,18H,1-13H2. The molecule has 2 heteroatoms. The monoisotopic (exact) mass is 266 g/mol. The Balaban J connectivity index is 1.74. The van der Waals surface area contributed by atoms with Gasteiger partial charge in [0.1, 0.15) is 0 Å². The highest BCUT2D eigenvalue weighted by Gasteiger charge is 2.48. The van der Waals surface area contributed by atoms with Crippen LogP contribution in [-0.2, 0) is 4.74 Å². The Morgan fingerprint density at radius 1 is 0.842 bits per heavy atom. The lowest BCUT2D eigenvalue weighted by Gasteiger charge is -2.50. The number of hydrogen-bond acceptors (Lipinski definition) is 2. The van der Waals surface area contributed by atoms with E-state index >= 15 is 0 Å². The summed E-state index contributed by atoms with van der Waals surface area (Å²) in [5.41, 5.74) is -0.402. The molecule has 3 unspecified atom stereocenters. The van der Waals surface area contributed by atoms with Crippen LogP contribution < -0.4 is 0 Å². The summed E-state index contributed by atoms with van der Waals surface area (Å²) in [6.45, 7) is 1.71. The van der Waals surface area contributed by atoms with Crippen LogP contribution in [0.3, 0.4) is 0 Å².